The van der Waals surface area contributed by atoms with Gasteiger partial charge in [-0.05, 0) is 6.54 Å². The smallest absolute Gasteiger partial charge is 0.213 e. The van der Waals surface area contributed by atoms with Crippen LogP contribution in [0.2, 0.25) is 0 Å². The molecular weight excluding hydrogens is 196 g/mol. The first-order chi connectivity index (χ1) is 7.22. The highest BCUT2D eigenvalue weighted by Gasteiger charge is 2.13. The number of rotatable bonds is 5. The van der Waals surface area contributed by atoms with E-state index in [9.17, 15) is 4.79 Å². The van der Waals surface area contributed by atoms with E-state index in [4.69, 9.17) is 15.2 Å². The minimum atomic E-state index is -0.0740. The lowest BCUT2D eigenvalue weighted by Crippen LogP contribution is -2.10. The standard InChI is InChI=1S/C10H14N2O3/c1-14-9-6-12-10(15-2)5-7(9)8(13)3-4-11/h5-6H,3-4,11H2,1-2H3. The summed E-state index contributed by atoms with van der Waals surface area (Å²) in [7, 11) is 2.98. The van der Waals surface area contributed by atoms with Crippen molar-refractivity contribution in [1.82, 2.24) is 4.98 Å². The van der Waals surface area contributed by atoms with Gasteiger partial charge in [-0.2, -0.15) is 0 Å². The number of nitrogens with two attached hydrogens (primary N) is 1. The van der Waals surface area contributed by atoms with Gasteiger partial charge in [0.05, 0.1) is 26.0 Å². The third kappa shape index (κ3) is 2.66. The van der Waals surface area contributed by atoms with Crippen molar-refractivity contribution < 1.29 is 14.3 Å². The molecule has 0 atom stereocenters. The van der Waals surface area contributed by atoms with Crippen molar-refractivity contribution in [3.8, 4) is 11.6 Å². The zero-order valence-electron chi connectivity index (χ0n) is 8.82. The van der Waals surface area contributed by atoms with Gasteiger partial charge in [0.25, 0.3) is 0 Å². The molecule has 0 aliphatic carbocycles. The Kier molecular flexibility index (Phi) is 4.05. The number of ether oxygens (including phenoxy) is 2. The number of carbonyl (C=O) groups is 1. The zero-order chi connectivity index (χ0) is 11.3. The topological polar surface area (TPSA) is 74.4 Å². The van der Waals surface area contributed by atoms with E-state index in [1.165, 1.54) is 20.4 Å². The Bertz CT molecular complexity index is 353. The largest absolute Gasteiger partial charge is 0.494 e. The molecule has 15 heavy (non-hydrogen) atoms. The first kappa shape index (κ1) is 11.5. The summed E-state index contributed by atoms with van der Waals surface area (Å²) in [5.41, 5.74) is 5.77. The van der Waals surface area contributed by atoms with E-state index in [2.05, 4.69) is 4.98 Å². The van der Waals surface area contributed by atoms with E-state index in [1.807, 2.05) is 0 Å². The van der Waals surface area contributed by atoms with Crippen molar-refractivity contribution in [3.63, 3.8) is 0 Å². The first-order valence-corrected chi connectivity index (χ1v) is 4.54. The minimum Gasteiger partial charge on any atom is -0.494 e. The number of nitrogens with zero attached hydrogens (tertiary/aromatic N) is 1. The summed E-state index contributed by atoms with van der Waals surface area (Å²) < 4.78 is 9.97. The predicted octanol–water partition coefficient (Wildman–Crippen LogP) is 0.630. The lowest BCUT2D eigenvalue weighted by Gasteiger charge is -2.07. The van der Waals surface area contributed by atoms with E-state index in [-0.39, 0.29) is 12.2 Å². The summed E-state index contributed by atoms with van der Waals surface area (Å²) in [4.78, 5) is 15.6. The Labute approximate surface area is 88.2 Å². The normalized spacial score (nSPS) is 9.80. The number of aromatic nitrogens is 1. The summed E-state index contributed by atoms with van der Waals surface area (Å²) in [6.07, 6.45) is 1.74. The Morgan fingerprint density at radius 1 is 1.47 bits per heavy atom. The highest BCUT2D eigenvalue weighted by molar-refractivity contribution is 5.98. The molecule has 2 N–H and O–H groups in total. The third-order valence-corrected chi connectivity index (χ3v) is 1.94. The van der Waals surface area contributed by atoms with Crippen LogP contribution in [0.1, 0.15) is 16.8 Å². The van der Waals surface area contributed by atoms with Crippen LogP contribution in [0, 0.1) is 0 Å². The Balaban J connectivity index is 3.05. The van der Waals surface area contributed by atoms with Crippen molar-refractivity contribution in [2.45, 2.75) is 6.42 Å². The van der Waals surface area contributed by atoms with Crippen LogP contribution < -0.4 is 15.2 Å². The van der Waals surface area contributed by atoms with Gasteiger partial charge in [-0.3, -0.25) is 4.79 Å². The van der Waals surface area contributed by atoms with Gasteiger partial charge < -0.3 is 15.2 Å². The second-order valence-electron chi connectivity index (χ2n) is 2.89. The number of pyridine rings is 1. The molecule has 0 bridgehead atoms. The number of methoxy groups -OCH3 is 2. The van der Waals surface area contributed by atoms with Crippen LogP contribution in [0.3, 0.4) is 0 Å². The summed E-state index contributed by atoms with van der Waals surface area (Å²) >= 11 is 0. The minimum absolute atomic E-state index is 0.0740. The fourth-order valence-corrected chi connectivity index (χ4v) is 1.18. The molecule has 0 radical (unpaired) electrons. The summed E-state index contributed by atoms with van der Waals surface area (Å²) in [6.45, 7) is 0.312. The molecule has 82 valence electrons. The van der Waals surface area contributed by atoms with Crippen LogP contribution in [0.15, 0.2) is 12.3 Å². The molecule has 1 aromatic heterocycles. The number of Topliss-reactive ketones (excluding diaryl/α,β-unsaturated/α-hetero) is 1. The molecule has 0 amide bonds. The van der Waals surface area contributed by atoms with Gasteiger partial charge in [0.1, 0.15) is 5.75 Å². The van der Waals surface area contributed by atoms with E-state index in [0.29, 0.717) is 23.7 Å². The van der Waals surface area contributed by atoms with Gasteiger partial charge in [-0.1, -0.05) is 0 Å². The number of hydrogen-bond donors (Lipinski definition) is 1. The fraction of sp³-hybridized carbons (Fsp3) is 0.400. The van der Waals surface area contributed by atoms with Gasteiger partial charge >= 0.3 is 0 Å². The second kappa shape index (κ2) is 5.31. The molecule has 1 rings (SSSR count). The second-order valence-corrected chi connectivity index (χ2v) is 2.89. The molecule has 1 heterocycles. The monoisotopic (exact) mass is 210 g/mol. The molecule has 0 saturated carbocycles. The van der Waals surface area contributed by atoms with Gasteiger partial charge in [0.2, 0.25) is 5.88 Å². The predicted molar refractivity (Wildman–Crippen MR) is 55.3 cm³/mol. The highest BCUT2D eigenvalue weighted by Crippen LogP contribution is 2.22. The quantitative estimate of drug-likeness (QED) is 0.721. The number of carbonyl (C=O) groups excluding carboxylic acids is 1. The van der Waals surface area contributed by atoms with E-state index in [1.54, 1.807) is 6.07 Å². The first-order valence-electron chi connectivity index (χ1n) is 4.54. The molecule has 0 spiro atoms. The molecule has 5 nitrogen and oxygen atoms in total. The van der Waals surface area contributed by atoms with Crippen LogP contribution >= 0.6 is 0 Å². The molecule has 0 fully saturated rings. The number of ketones is 1. The summed E-state index contributed by atoms with van der Waals surface area (Å²) in [5, 5.41) is 0. The molecule has 0 aliphatic heterocycles. The van der Waals surface area contributed by atoms with Gasteiger partial charge in [-0.15, -0.1) is 0 Å². The maximum absolute atomic E-state index is 11.6. The van der Waals surface area contributed by atoms with Gasteiger partial charge in [0, 0.05) is 12.5 Å². The number of hydrogen-bond acceptors (Lipinski definition) is 5. The Morgan fingerprint density at radius 3 is 2.73 bits per heavy atom. The van der Waals surface area contributed by atoms with Crippen LogP contribution in [-0.4, -0.2) is 31.5 Å². The molecule has 0 aromatic carbocycles. The van der Waals surface area contributed by atoms with Crippen LogP contribution in [0.25, 0.3) is 0 Å². The van der Waals surface area contributed by atoms with E-state index < -0.39 is 0 Å². The molecule has 0 aliphatic rings. The molecule has 5 heteroatoms. The molecule has 0 saturated heterocycles. The van der Waals surface area contributed by atoms with Crippen molar-refractivity contribution >= 4 is 5.78 Å². The third-order valence-electron chi connectivity index (χ3n) is 1.94. The van der Waals surface area contributed by atoms with Crippen LogP contribution in [0.5, 0.6) is 11.6 Å². The van der Waals surface area contributed by atoms with Gasteiger partial charge in [0.15, 0.2) is 5.78 Å². The Hall–Kier alpha value is -1.62. The SMILES string of the molecule is COc1cc(C(=O)CCN)c(OC)cn1. The van der Waals surface area contributed by atoms with Crippen LogP contribution in [0.4, 0.5) is 0 Å². The van der Waals surface area contributed by atoms with Crippen molar-refractivity contribution in [1.29, 1.82) is 0 Å². The van der Waals surface area contributed by atoms with Crippen LogP contribution in [-0.2, 0) is 0 Å². The van der Waals surface area contributed by atoms with Gasteiger partial charge in [-0.25, -0.2) is 4.98 Å². The molecular formula is C10H14N2O3. The van der Waals surface area contributed by atoms with Crippen molar-refractivity contribution in [2.24, 2.45) is 5.73 Å². The Morgan fingerprint density at radius 2 is 2.20 bits per heavy atom. The highest BCUT2D eigenvalue weighted by atomic mass is 16.5. The average Bonchev–Trinajstić information content (AvgIpc) is 2.28. The van der Waals surface area contributed by atoms with E-state index >= 15 is 0 Å². The van der Waals surface area contributed by atoms with Crippen molar-refractivity contribution in [3.05, 3.63) is 17.8 Å². The summed E-state index contributed by atoms with van der Waals surface area (Å²) in [5.74, 6) is 0.750. The lowest BCUT2D eigenvalue weighted by molar-refractivity contribution is 0.0982. The maximum atomic E-state index is 11.6. The lowest BCUT2D eigenvalue weighted by atomic mass is 10.1. The molecule has 1 aromatic rings. The fourth-order valence-electron chi connectivity index (χ4n) is 1.18. The maximum Gasteiger partial charge on any atom is 0.213 e. The zero-order valence-corrected chi connectivity index (χ0v) is 8.82. The van der Waals surface area contributed by atoms with Crippen molar-refractivity contribution in [2.75, 3.05) is 20.8 Å². The van der Waals surface area contributed by atoms with E-state index in [0.717, 1.165) is 0 Å². The molecule has 0 unspecified atom stereocenters. The average molecular weight is 210 g/mol. The summed E-state index contributed by atoms with van der Waals surface area (Å²) in [6, 6.07) is 1.55.